The predicted octanol–water partition coefficient (Wildman–Crippen LogP) is 7.74. The van der Waals surface area contributed by atoms with Gasteiger partial charge in [-0.05, 0) is 66.7 Å². The lowest BCUT2D eigenvalue weighted by molar-refractivity contribution is -0.111. The van der Waals surface area contributed by atoms with Crippen molar-refractivity contribution in [3.63, 3.8) is 0 Å². The molecule has 0 saturated carbocycles. The number of halogens is 2. The van der Waals surface area contributed by atoms with E-state index in [1.54, 1.807) is 66.7 Å². The van der Waals surface area contributed by atoms with Gasteiger partial charge in [0.2, 0.25) is 17.5 Å². The van der Waals surface area contributed by atoms with Crippen molar-refractivity contribution >= 4 is 52.0 Å². The summed E-state index contributed by atoms with van der Waals surface area (Å²) in [5.74, 6) is 2.51. The third-order valence-electron chi connectivity index (χ3n) is 5.79. The van der Waals surface area contributed by atoms with Crippen LogP contribution in [-0.4, -0.2) is 32.2 Å². The molecule has 0 radical (unpaired) electrons. The van der Waals surface area contributed by atoms with Crippen LogP contribution in [0.25, 0.3) is 40.0 Å². The van der Waals surface area contributed by atoms with Gasteiger partial charge in [0.25, 0.3) is 0 Å². The maximum atomic E-state index is 12.6. The first-order chi connectivity index (χ1) is 18.9. The van der Waals surface area contributed by atoms with Crippen molar-refractivity contribution in [3.8, 4) is 40.0 Å². The van der Waals surface area contributed by atoms with E-state index in [0.717, 1.165) is 0 Å². The van der Waals surface area contributed by atoms with Crippen LogP contribution in [0.5, 0.6) is 17.2 Å². The first-order valence-corrected chi connectivity index (χ1v) is 12.4. The zero-order valence-corrected chi connectivity index (χ0v) is 22.6. The molecule has 1 amide bonds. The number of hydrogen-bond acceptors (Lipinski definition) is 7. The van der Waals surface area contributed by atoms with E-state index in [-0.39, 0.29) is 5.91 Å². The maximum Gasteiger partial charge on any atom is 0.248 e. The number of oxazole rings is 1. The Morgan fingerprint density at radius 2 is 1.67 bits per heavy atom. The molecule has 0 saturated heterocycles. The van der Waals surface area contributed by atoms with Gasteiger partial charge < -0.3 is 28.4 Å². The molecule has 5 aromatic rings. The number of nitrogens with zero attached hydrogens (tertiary/aromatic N) is 1. The topological polar surface area (TPSA) is 96.0 Å². The lowest BCUT2D eigenvalue weighted by atomic mass is 10.2. The molecule has 0 bridgehead atoms. The van der Waals surface area contributed by atoms with Crippen molar-refractivity contribution in [3.05, 3.63) is 82.5 Å². The molecule has 2 heterocycles. The normalized spacial score (nSPS) is 11.2. The van der Waals surface area contributed by atoms with E-state index in [9.17, 15) is 4.79 Å². The summed E-state index contributed by atoms with van der Waals surface area (Å²) in [7, 11) is 4.61. The molecule has 0 aliphatic carbocycles. The number of anilines is 1. The Bertz CT molecular complexity index is 1680. The molecular weight excluding hydrogens is 543 g/mol. The van der Waals surface area contributed by atoms with E-state index in [4.69, 9.17) is 46.2 Å². The van der Waals surface area contributed by atoms with Crippen molar-refractivity contribution in [2.24, 2.45) is 0 Å². The molecule has 0 fully saturated rings. The van der Waals surface area contributed by atoms with E-state index in [1.807, 2.05) is 0 Å². The predicted molar refractivity (Wildman–Crippen MR) is 151 cm³/mol. The third-order valence-corrected chi connectivity index (χ3v) is 6.34. The number of aromatic nitrogens is 1. The molecule has 0 aliphatic rings. The van der Waals surface area contributed by atoms with Crippen LogP contribution in [0, 0.1) is 0 Å². The van der Waals surface area contributed by atoms with E-state index in [0.29, 0.717) is 72.6 Å². The van der Waals surface area contributed by atoms with Crippen molar-refractivity contribution in [1.29, 1.82) is 0 Å². The highest BCUT2D eigenvalue weighted by Gasteiger charge is 2.17. The zero-order chi connectivity index (χ0) is 27.5. The fourth-order valence-electron chi connectivity index (χ4n) is 3.95. The molecule has 0 spiro atoms. The SMILES string of the molecule is COc1cc(-c2nc3cc(NC(=O)/C=C/c4ccc(-c5ccc(Cl)cc5Cl)o4)ccc3o2)cc(OC)c1OC. The molecule has 0 atom stereocenters. The minimum Gasteiger partial charge on any atom is -0.493 e. The summed E-state index contributed by atoms with van der Waals surface area (Å²) in [6.07, 6.45) is 2.94. The van der Waals surface area contributed by atoms with Crippen LogP contribution in [-0.2, 0) is 4.79 Å². The van der Waals surface area contributed by atoms with Gasteiger partial charge >= 0.3 is 0 Å². The van der Waals surface area contributed by atoms with E-state index in [2.05, 4.69) is 10.3 Å². The lowest BCUT2D eigenvalue weighted by Crippen LogP contribution is -2.07. The fourth-order valence-corrected chi connectivity index (χ4v) is 4.45. The van der Waals surface area contributed by atoms with Gasteiger partial charge in [0.1, 0.15) is 17.0 Å². The van der Waals surface area contributed by atoms with Crippen molar-refractivity contribution in [2.45, 2.75) is 0 Å². The Morgan fingerprint density at radius 3 is 2.36 bits per heavy atom. The largest absolute Gasteiger partial charge is 0.493 e. The number of fused-ring (bicyclic) bond motifs is 1. The third kappa shape index (κ3) is 5.57. The van der Waals surface area contributed by atoms with Gasteiger partial charge in [0.15, 0.2) is 17.1 Å². The minimum absolute atomic E-state index is 0.342. The van der Waals surface area contributed by atoms with Gasteiger partial charge in [-0.1, -0.05) is 23.2 Å². The van der Waals surface area contributed by atoms with Crippen LogP contribution in [0.3, 0.4) is 0 Å². The molecule has 39 heavy (non-hydrogen) atoms. The highest BCUT2D eigenvalue weighted by atomic mass is 35.5. The van der Waals surface area contributed by atoms with Crippen LogP contribution >= 0.6 is 23.2 Å². The Hall–Kier alpha value is -4.40. The van der Waals surface area contributed by atoms with Gasteiger partial charge in [-0.25, -0.2) is 4.98 Å². The number of benzene rings is 3. The minimum atomic E-state index is -0.342. The molecule has 1 N–H and O–H groups in total. The average molecular weight is 565 g/mol. The Balaban J connectivity index is 1.31. The first-order valence-electron chi connectivity index (χ1n) is 11.6. The second-order valence-electron chi connectivity index (χ2n) is 8.26. The zero-order valence-electron chi connectivity index (χ0n) is 21.1. The van der Waals surface area contributed by atoms with Crippen LogP contribution in [0.15, 0.2) is 75.6 Å². The number of nitrogens with one attached hydrogen (secondary N) is 1. The van der Waals surface area contributed by atoms with Gasteiger partial charge in [0.05, 0.1) is 26.4 Å². The van der Waals surface area contributed by atoms with Crippen LogP contribution in [0.2, 0.25) is 10.0 Å². The number of methoxy groups -OCH3 is 3. The number of ether oxygens (including phenoxy) is 3. The molecule has 5 rings (SSSR count). The lowest BCUT2D eigenvalue weighted by Gasteiger charge is -2.12. The Labute approximate surface area is 233 Å². The molecule has 0 unspecified atom stereocenters. The number of carbonyl (C=O) groups excluding carboxylic acids is 1. The van der Waals surface area contributed by atoms with Gasteiger partial charge in [-0.3, -0.25) is 4.79 Å². The first kappa shape index (κ1) is 26.2. The molecular formula is C29H22Cl2N2O6. The molecule has 8 nitrogen and oxygen atoms in total. The summed E-state index contributed by atoms with van der Waals surface area (Å²) in [5, 5.41) is 3.83. The molecule has 2 aromatic heterocycles. The maximum absolute atomic E-state index is 12.6. The number of rotatable bonds is 8. The number of amides is 1. The molecule has 10 heteroatoms. The van der Waals surface area contributed by atoms with Gasteiger partial charge in [-0.15, -0.1) is 0 Å². The number of carbonyl (C=O) groups is 1. The van der Waals surface area contributed by atoms with Crippen LogP contribution in [0.1, 0.15) is 5.76 Å². The quantitative estimate of drug-likeness (QED) is 0.192. The summed E-state index contributed by atoms with van der Waals surface area (Å²) in [6.45, 7) is 0. The van der Waals surface area contributed by atoms with Crippen molar-refractivity contribution in [1.82, 2.24) is 4.98 Å². The van der Waals surface area contributed by atoms with Crippen LogP contribution in [0.4, 0.5) is 5.69 Å². The summed E-state index contributed by atoms with van der Waals surface area (Å²) in [5.41, 5.74) is 3.02. The van der Waals surface area contributed by atoms with Gasteiger partial charge in [-0.2, -0.15) is 0 Å². The summed E-state index contributed by atoms with van der Waals surface area (Å²) in [4.78, 5) is 17.1. The highest BCUT2D eigenvalue weighted by molar-refractivity contribution is 6.36. The smallest absolute Gasteiger partial charge is 0.248 e. The van der Waals surface area contributed by atoms with E-state index >= 15 is 0 Å². The monoisotopic (exact) mass is 564 g/mol. The van der Waals surface area contributed by atoms with Crippen molar-refractivity contribution < 1.29 is 27.8 Å². The van der Waals surface area contributed by atoms with Gasteiger partial charge in [0, 0.05) is 27.9 Å². The fraction of sp³-hybridized carbons (Fsp3) is 0.103. The Morgan fingerprint density at radius 1 is 0.897 bits per heavy atom. The second kappa shape index (κ2) is 11.1. The number of furan rings is 1. The number of hydrogen-bond donors (Lipinski definition) is 1. The Kier molecular flexibility index (Phi) is 7.49. The second-order valence-corrected chi connectivity index (χ2v) is 9.11. The molecule has 3 aromatic carbocycles. The standard InChI is InChI=1S/C29H22Cl2N2O6/c1-35-25-12-16(13-26(36-2)28(25)37-3)29-33-22-15-18(5-9-24(22)39-29)32-27(34)11-7-19-6-10-23(38-19)20-8-4-17(30)14-21(20)31/h4-15H,1-3H3,(H,32,34)/b11-7+. The van der Waals surface area contributed by atoms with Crippen molar-refractivity contribution in [2.75, 3.05) is 26.6 Å². The van der Waals surface area contributed by atoms with E-state index in [1.165, 1.54) is 27.4 Å². The molecule has 0 aliphatic heterocycles. The molecule has 198 valence electrons. The van der Waals surface area contributed by atoms with E-state index < -0.39 is 0 Å². The average Bonchev–Trinajstić information content (AvgIpc) is 3.58. The van der Waals surface area contributed by atoms with Crippen LogP contribution < -0.4 is 19.5 Å². The summed E-state index contributed by atoms with van der Waals surface area (Å²) in [6, 6.07) is 17.4. The highest BCUT2D eigenvalue weighted by Crippen LogP contribution is 2.41. The summed E-state index contributed by atoms with van der Waals surface area (Å²) >= 11 is 12.2. The summed E-state index contributed by atoms with van der Waals surface area (Å²) < 4.78 is 27.9.